The average Bonchev–Trinajstić information content (AvgIpc) is 3.28. The van der Waals surface area contributed by atoms with Crippen LogP contribution in [0.25, 0.3) is 0 Å². The van der Waals surface area contributed by atoms with Crippen molar-refractivity contribution in [2.24, 2.45) is 7.05 Å². The first-order chi connectivity index (χ1) is 15.9. The Hall–Kier alpha value is -3.99. The van der Waals surface area contributed by atoms with Crippen LogP contribution in [0.4, 0.5) is 11.4 Å². The van der Waals surface area contributed by atoms with Gasteiger partial charge in [0.05, 0.1) is 12.9 Å². The summed E-state index contributed by atoms with van der Waals surface area (Å²) in [5, 5.41) is 5.72. The summed E-state index contributed by atoms with van der Waals surface area (Å²) in [5.41, 5.74) is 0.455. The van der Waals surface area contributed by atoms with Crippen LogP contribution in [-0.4, -0.2) is 41.0 Å². The molecule has 0 unspecified atom stereocenters. The number of nitrogens with zero attached hydrogens (tertiary/aromatic N) is 2. The number of anilines is 2. The molecule has 0 bridgehead atoms. The predicted octanol–water partition coefficient (Wildman–Crippen LogP) is 2.50. The highest BCUT2D eigenvalue weighted by atomic mass is 32.2. The SMILES string of the molecule is COc1ccc(NC(=O)c2cnc(SCC(=O)Nc3ccc4c(c3)OCO4)n(C)c2=O)cc1. The molecule has 2 aromatic carbocycles. The van der Waals surface area contributed by atoms with E-state index in [2.05, 4.69) is 15.6 Å². The van der Waals surface area contributed by atoms with Crippen LogP contribution < -0.4 is 30.4 Å². The van der Waals surface area contributed by atoms with Gasteiger partial charge in [-0.15, -0.1) is 0 Å². The van der Waals surface area contributed by atoms with E-state index in [1.54, 1.807) is 49.6 Å². The summed E-state index contributed by atoms with van der Waals surface area (Å²) in [7, 11) is 3.04. The molecule has 0 aliphatic carbocycles. The maximum Gasteiger partial charge on any atom is 0.266 e. The lowest BCUT2D eigenvalue weighted by atomic mass is 10.2. The van der Waals surface area contributed by atoms with Crippen LogP contribution in [0.2, 0.25) is 0 Å². The highest BCUT2D eigenvalue weighted by Gasteiger charge is 2.17. The minimum atomic E-state index is -0.578. The van der Waals surface area contributed by atoms with Gasteiger partial charge in [0, 0.05) is 30.7 Å². The number of amides is 2. The van der Waals surface area contributed by atoms with Gasteiger partial charge in [-0.25, -0.2) is 4.98 Å². The number of benzene rings is 2. The van der Waals surface area contributed by atoms with Gasteiger partial charge in [0.15, 0.2) is 16.7 Å². The zero-order valence-electron chi connectivity index (χ0n) is 17.8. The summed E-state index contributed by atoms with van der Waals surface area (Å²) in [5.74, 6) is 0.992. The van der Waals surface area contributed by atoms with E-state index in [-0.39, 0.29) is 24.0 Å². The highest BCUT2D eigenvalue weighted by Crippen LogP contribution is 2.34. The van der Waals surface area contributed by atoms with Crippen molar-refractivity contribution in [3.63, 3.8) is 0 Å². The van der Waals surface area contributed by atoms with E-state index in [4.69, 9.17) is 14.2 Å². The molecule has 2 heterocycles. The molecule has 2 N–H and O–H groups in total. The molecule has 3 aromatic rings. The zero-order chi connectivity index (χ0) is 23.4. The monoisotopic (exact) mass is 468 g/mol. The van der Waals surface area contributed by atoms with Gasteiger partial charge in [-0.1, -0.05) is 11.8 Å². The van der Waals surface area contributed by atoms with Gasteiger partial charge in [-0.3, -0.25) is 19.0 Å². The first-order valence-corrected chi connectivity index (χ1v) is 10.8. The van der Waals surface area contributed by atoms with Crippen molar-refractivity contribution in [1.82, 2.24) is 9.55 Å². The second-order valence-corrected chi connectivity index (χ2v) is 7.85. The molecule has 0 saturated heterocycles. The van der Waals surface area contributed by atoms with E-state index in [1.165, 1.54) is 17.8 Å². The quantitative estimate of drug-likeness (QED) is 0.401. The predicted molar refractivity (Wildman–Crippen MR) is 122 cm³/mol. The van der Waals surface area contributed by atoms with Crippen LogP contribution in [0.3, 0.4) is 0 Å². The summed E-state index contributed by atoms with van der Waals surface area (Å²) in [6.07, 6.45) is 1.21. The van der Waals surface area contributed by atoms with Crippen LogP contribution in [0, 0.1) is 0 Å². The number of carbonyl (C=O) groups is 2. The van der Waals surface area contributed by atoms with Crippen LogP contribution in [-0.2, 0) is 11.8 Å². The van der Waals surface area contributed by atoms with Gasteiger partial charge in [0.25, 0.3) is 11.5 Å². The molecular weight excluding hydrogens is 448 g/mol. The molecule has 4 rings (SSSR count). The molecule has 1 aliphatic heterocycles. The van der Waals surface area contributed by atoms with Gasteiger partial charge < -0.3 is 24.8 Å². The molecule has 33 heavy (non-hydrogen) atoms. The van der Waals surface area contributed by atoms with Crippen LogP contribution >= 0.6 is 11.8 Å². The van der Waals surface area contributed by atoms with E-state index in [0.717, 1.165) is 11.8 Å². The topological polar surface area (TPSA) is 121 Å². The molecule has 2 amide bonds. The van der Waals surface area contributed by atoms with Crippen molar-refractivity contribution in [2.45, 2.75) is 5.16 Å². The first-order valence-electron chi connectivity index (χ1n) is 9.78. The maximum atomic E-state index is 12.7. The lowest BCUT2D eigenvalue weighted by molar-refractivity contribution is -0.113. The van der Waals surface area contributed by atoms with Gasteiger partial charge in [0.1, 0.15) is 11.3 Å². The van der Waals surface area contributed by atoms with Crippen LogP contribution in [0.1, 0.15) is 10.4 Å². The van der Waals surface area contributed by atoms with Crippen molar-refractivity contribution >= 4 is 35.0 Å². The highest BCUT2D eigenvalue weighted by molar-refractivity contribution is 7.99. The Bertz CT molecular complexity index is 1260. The minimum absolute atomic E-state index is 0.0200. The lowest BCUT2D eigenvalue weighted by Crippen LogP contribution is -2.29. The normalized spacial score (nSPS) is 11.7. The summed E-state index contributed by atoms with van der Waals surface area (Å²) in [4.78, 5) is 41.7. The molecule has 170 valence electrons. The summed E-state index contributed by atoms with van der Waals surface area (Å²) in [6, 6.07) is 11.8. The van der Waals surface area contributed by atoms with E-state index >= 15 is 0 Å². The van der Waals surface area contributed by atoms with Crippen molar-refractivity contribution in [2.75, 3.05) is 30.3 Å². The Balaban J connectivity index is 1.37. The van der Waals surface area contributed by atoms with Crippen molar-refractivity contribution < 1.29 is 23.8 Å². The average molecular weight is 468 g/mol. The summed E-state index contributed by atoms with van der Waals surface area (Å²) >= 11 is 1.08. The number of methoxy groups -OCH3 is 1. The summed E-state index contributed by atoms with van der Waals surface area (Å²) in [6.45, 7) is 0.149. The van der Waals surface area contributed by atoms with Gasteiger partial charge in [0.2, 0.25) is 12.7 Å². The van der Waals surface area contributed by atoms with E-state index < -0.39 is 11.5 Å². The van der Waals surface area contributed by atoms with Gasteiger partial charge >= 0.3 is 0 Å². The molecule has 11 heteroatoms. The molecule has 0 radical (unpaired) electrons. The molecule has 0 fully saturated rings. The Kier molecular flexibility index (Phi) is 6.50. The smallest absolute Gasteiger partial charge is 0.266 e. The fourth-order valence-corrected chi connectivity index (χ4v) is 3.73. The molecule has 0 atom stereocenters. The molecule has 10 nitrogen and oxygen atoms in total. The number of rotatable bonds is 7. The second kappa shape index (κ2) is 9.65. The maximum absolute atomic E-state index is 12.7. The molecule has 0 saturated carbocycles. The number of nitrogens with one attached hydrogen (secondary N) is 2. The third kappa shape index (κ3) is 5.09. The number of fused-ring (bicyclic) bond motifs is 1. The van der Waals surface area contributed by atoms with Crippen molar-refractivity contribution in [3.05, 3.63) is 64.6 Å². The van der Waals surface area contributed by atoms with E-state index in [0.29, 0.717) is 33.8 Å². The van der Waals surface area contributed by atoms with Crippen LogP contribution in [0.5, 0.6) is 17.2 Å². The number of ether oxygens (including phenoxy) is 3. The number of hydrogen-bond acceptors (Lipinski definition) is 8. The van der Waals surface area contributed by atoms with Crippen molar-refractivity contribution in [1.29, 1.82) is 0 Å². The largest absolute Gasteiger partial charge is 0.497 e. The Labute approximate surface area is 192 Å². The minimum Gasteiger partial charge on any atom is -0.497 e. The van der Waals surface area contributed by atoms with Crippen LogP contribution in [0.15, 0.2) is 58.6 Å². The van der Waals surface area contributed by atoms with E-state index in [9.17, 15) is 14.4 Å². The Morgan fingerprint density at radius 1 is 1.09 bits per heavy atom. The lowest BCUT2D eigenvalue weighted by Gasteiger charge is -2.10. The molecular formula is C22H20N4O6S. The number of thioether (sulfide) groups is 1. The Morgan fingerprint density at radius 2 is 1.82 bits per heavy atom. The third-order valence-corrected chi connectivity index (χ3v) is 5.75. The number of carbonyl (C=O) groups excluding carboxylic acids is 2. The van der Waals surface area contributed by atoms with E-state index in [1.807, 2.05) is 0 Å². The first kappa shape index (κ1) is 22.2. The fraction of sp³-hybridized carbons (Fsp3) is 0.182. The second-order valence-electron chi connectivity index (χ2n) is 6.91. The van der Waals surface area contributed by atoms with Gasteiger partial charge in [-0.2, -0.15) is 0 Å². The molecule has 0 spiro atoms. The molecule has 1 aromatic heterocycles. The number of aromatic nitrogens is 2. The summed E-state index contributed by atoms with van der Waals surface area (Å²) < 4.78 is 16.9. The molecule has 1 aliphatic rings. The van der Waals surface area contributed by atoms with Crippen molar-refractivity contribution in [3.8, 4) is 17.2 Å². The standard InChI is InChI=1S/C22H20N4O6S/c1-26-21(29)16(20(28)25-13-3-6-15(30-2)7-4-13)10-23-22(26)33-11-19(27)24-14-5-8-17-18(9-14)32-12-31-17/h3-10H,11-12H2,1-2H3,(H,24,27)(H,25,28). The van der Waals surface area contributed by atoms with Gasteiger partial charge in [-0.05, 0) is 36.4 Å². The third-order valence-electron chi connectivity index (χ3n) is 4.71. The number of hydrogen-bond donors (Lipinski definition) is 2. The Morgan fingerprint density at radius 3 is 2.58 bits per heavy atom. The zero-order valence-corrected chi connectivity index (χ0v) is 18.6. The fourth-order valence-electron chi connectivity index (χ4n) is 2.99.